The molecule has 0 aliphatic heterocycles. The summed E-state index contributed by atoms with van der Waals surface area (Å²) in [7, 11) is 3.53. The SMILES string of the molecule is CCc1ccc(OC)c(C(NC)C2CC2C(=O)O)c1. The number of nitrogens with one attached hydrogen (secondary N) is 1. The lowest BCUT2D eigenvalue weighted by atomic mass is 9.97. The van der Waals surface area contributed by atoms with Gasteiger partial charge in [0.1, 0.15) is 5.75 Å². The van der Waals surface area contributed by atoms with Gasteiger partial charge in [0.2, 0.25) is 0 Å². The van der Waals surface area contributed by atoms with E-state index in [4.69, 9.17) is 9.84 Å². The molecule has 2 rings (SSSR count). The molecular formula is C15H21NO3. The molecule has 1 aliphatic carbocycles. The lowest BCUT2D eigenvalue weighted by molar-refractivity contribution is -0.138. The predicted molar refractivity (Wildman–Crippen MR) is 73.4 cm³/mol. The molecule has 0 bridgehead atoms. The number of aliphatic carboxylic acids is 1. The van der Waals surface area contributed by atoms with Crippen LogP contribution in [0.25, 0.3) is 0 Å². The maximum absolute atomic E-state index is 11.0. The molecule has 3 unspecified atom stereocenters. The summed E-state index contributed by atoms with van der Waals surface area (Å²) < 4.78 is 5.41. The van der Waals surface area contributed by atoms with Gasteiger partial charge in [0, 0.05) is 11.6 Å². The minimum absolute atomic E-state index is 0.0440. The zero-order valence-electron chi connectivity index (χ0n) is 11.6. The number of rotatable bonds is 6. The molecule has 104 valence electrons. The smallest absolute Gasteiger partial charge is 0.306 e. The fourth-order valence-electron chi connectivity index (χ4n) is 2.71. The van der Waals surface area contributed by atoms with Crippen molar-refractivity contribution in [3.63, 3.8) is 0 Å². The van der Waals surface area contributed by atoms with Gasteiger partial charge in [-0.25, -0.2) is 0 Å². The van der Waals surface area contributed by atoms with E-state index in [9.17, 15) is 4.79 Å². The van der Waals surface area contributed by atoms with Crippen molar-refractivity contribution >= 4 is 5.97 Å². The lowest BCUT2D eigenvalue weighted by Crippen LogP contribution is -2.21. The molecule has 0 aromatic heterocycles. The molecule has 0 saturated heterocycles. The van der Waals surface area contributed by atoms with Crippen LogP contribution in [-0.2, 0) is 11.2 Å². The molecule has 0 heterocycles. The minimum atomic E-state index is -0.698. The van der Waals surface area contributed by atoms with Crippen LogP contribution < -0.4 is 10.1 Å². The molecule has 0 spiro atoms. The van der Waals surface area contributed by atoms with Gasteiger partial charge >= 0.3 is 5.97 Å². The van der Waals surface area contributed by atoms with Gasteiger partial charge in [-0.15, -0.1) is 0 Å². The van der Waals surface area contributed by atoms with E-state index in [1.165, 1.54) is 5.56 Å². The molecule has 2 N–H and O–H groups in total. The van der Waals surface area contributed by atoms with Crippen LogP contribution in [-0.4, -0.2) is 25.2 Å². The highest BCUT2D eigenvalue weighted by Crippen LogP contribution is 2.49. The molecule has 4 heteroatoms. The van der Waals surface area contributed by atoms with Crippen LogP contribution in [0.2, 0.25) is 0 Å². The first-order chi connectivity index (χ1) is 9.12. The quantitative estimate of drug-likeness (QED) is 0.826. The average molecular weight is 263 g/mol. The van der Waals surface area contributed by atoms with E-state index in [0.29, 0.717) is 0 Å². The summed E-state index contributed by atoms with van der Waals surface area (Å²) in [6, 6.07) is 6.19. The fraction of sp³-hybridized carbons (Fsp3) is 0.533. The van der Waals surface area contributed by atoms with Gasteiger partial charge in [0.05, 0.1) is 13.0 Å². The van der Waals surface area contributed by atoms with Gasteiger partial charge in [-0.3, -0.25) is 4.79 Å². The summed E-state index contributed by atoms with van der Waals surface area (Å²) >= 11 is 0. The van der Waals surface area contributed by atoms with Crippen molar-refractivity contribution in [1.29, 1.82) is 0 Å². The Hall–Kier alpha value is -1.55. The number of carboxylic acid groups (broad SMARTS) is 1. The standard InChI is InChI=1S/C15H21NO3/c1-4-9-5-6-13(19-3)12(7-9)14(16-2)10-8-11(10)15(17)18/h5-7,10-11,14,16H,4,8H2,1-3H3,(H,17,18). The van der Waals surface area contributed by atoms with Gasteiger partial charge in [-0.05, 0) is 37.4 Å². The summed E-state index contributed by atoms with van der Waals surface area (Å²) in [4.78, 5) is 11.0. The van der Waals surface area contributed by atoms with E-state index >= 15 is 0 Å². The molecule has 4 nitrogen and oxygen atoms in total. The third-order valence-electron chi connectivity index (χ3n) is 3.93. The van der Waals surface area contributed by atoms with Crippen molar-refractivity contribution in [2.45, 2.75) is 25.8 Å². The number of carboxylic acids is 1. The second-order valence-electron chi connectivity index (χ2n) is 5.04. The predicted octanol–water partition coefficient (Wildman–Crippen LogP) is 2.24. The van der Waals surface area contributed by atoms with E-state index in [1.54, 1.807) is 7.11 Å². The largest absolute Gasteiger partial charge is 0.496 e. The normalized spacial score (nSPS) is 22.9. The lowest BCUT2D eigenvalue weighted by Gasteiger charge is -2.20. The highest BCUT2D eigenvalue weighted by Gasteiger charge is 2.48. The Kier molecular flexibility index (Phi) is 4.10. The van der Waals surface area contributed by atoms with Crippen LogP contribution in [0, 0.1) is 11.8 Å². The molecule has 1 fully saturated rings. The highest BCUT2D eigenvalue weighted by atomic mass is 16.5. The molecule has 1 saturated carbocycles. The molecule has 1 aliphatic rings. The zero-order chi connectivity index (χ0) is 14.0. The van der Waals surface area contributed by atoms with E-state index in [-0.39, 0.29) is 17.9 Å². The Balaban J connectivity index is 2.29. The highest BCUT2D eigenvalue weighted by molar-refractivity contribution is 5.73. The number of hydrogen-bond donors (Lipinski definition) is 2. The number of aryl methyl sites for hydroxylation is 1. The third-order valence-corrected chi connectivity index (χ3v) is 3.93. The van der Waals surface area contributed by atoms with E-state index in [2.05, 4.69) is 24.4 Å². The first-order valence-corrected chi connectivity index (χ1v) is 6.69. The van der Waals surface area contributed by atoms with Gasteiger partial charge in [0.25, 0.3) is 0 Å². The van der Waals surface area contributed by atoms with Crippen LogP contribution in [0.5, 0.6) is 5.75 Å². The van der Waals surface area contributed by atoms with Crippen molar-refractivity contribution in [3.8, 4) is 5.75 Å². The van der Waals surface area contributed by atoms with Crippen LogP contribution in [0.1, 0.15) is 30.5 Å². The van der Waals surface area contributed by atoms with E-state index in [0.717, 1.165) is 24.2 Å². The van der Waals surface area contributed by atoms with Crippen LogP contribution in [0.3, 0.4) is 0 Å². The van der Waals surface area contributed by atoms with Crippen molar-refractivity contribution in [3.05, 3.63) is 29.3 Å². The van der Waals surface area contributed by atoms with Gasteiger partial charge in [-0.1, -0.05) is 19.1 Å². The topological polar surface area (TPSA) is 58.6 Å². The Bertz CT molecular complexity index is 472. The van der Waals surface area contributed by atoms with Crippen LogP contribution in [0.15, 0.2) is 18.2 Å². The Morgan fingerprint density at radius 3 is 2.79 bits per heavy atom. The van der Waals surface area contributed by atoms with Crippen molar-refractivity contribution in [2.75, 3.05) is 14.2 Å². The van der Waals surface area contributed by atoms with Gasteiger partial charge in [-0.2, -0.15) is 0 Å². The monoisotopic (exact) mass is 263 g/mol. The average Bonchev–Trinajstić information content (AvgIpc) is 3.20. The first-order valence-electron chi connectivity index (χ1n) is 6.69. The summed E-state index contributed by atoms with van der Waals surface area (Å²) in [6.45, 7) is 2.11. The minimum Gasteiger partial charge on any atom is -0.496 e. The number of hydrogen-bond acceptors (Lipinski definition) is 3. The zero-order valence-corrected chi connectivity index (χ0v) is 11.6. The van der Waals surface area contributed by atoms with Crippen LogP contribution in [0.4, 0.5) is 0 Å². The second-order valence-corrected chi connectivity index (χ2v) is 5.04. The van der Waals surface area contributed by atoms with E-state index < -0.39 is 5.97 Å². The molecule has 0 radical (unpaired) electrons. The summed E-state index contributed by atoms with van der Waals surface area (Å²) in [5.74, 6) is 0.0550. The molecule has 1 aromatic rings. The van der Waals surface area contributed by atoms with Crippen LogP contribution >= 0.6 is 0 Å². The molecule has 19 heavy (non-hydrogen) atoms. The fourth-order valence-corrected chi connectivity index (χ4v) is 2.71. The van der Waals surface area contributed by atoms with Crippen molar-refractivity contribution < 1.29 is 14.6 Å². The molecule has 0 amide bonds. The second kappa shape index (κ2) is 5.61. The van der Waals surface area contributed by atoms with Crippen molar-refractivity contribution in [1.82, 2.24) is 5.32 Å². The van der Waals surface area contributed by atoms with Gasteiger partial charge in [0.15, 0.2) is 0 Å². The van der Waals surface area contributed by atoms with E-state index in [1.807, 2.05) is 13.1 Å². The molecule has 3 atom stereocenters. The third kappa shape index (κ3) is 2.73. The van der Waals surface area contributed by atoms with Crippen molar-refractivity contribution in [2.24, 2.45) is 11.8 Å². The Labute approximate surface area is 113 Å². The maximum Gasteiger partial charge on any atom is 0.306 e. The summed E-state index contributed by atoms with van der Waals surface area (Å²) in [6.07, 6.45) is 1.70. The number of carbonyl (C=O) groups is 1. The summed E-state index contributed by atoms with van der Waals surface area (Å²) in [5.41, 5.74) is 2.31. The Morgan fingerprint density at radius 1 is 1.58 bits per heavy atom. The number of methoxy groups -OCH3 is 1. The Morgan fingerprint density at radius 2 is 2.32 bits per heavy atom. The maximum atomic E-state index is 11.0. The first kappa shape index (κ1) is 13.9. The summed E-state index contributed by atoms with van der Waals surface area (Å²) in [5, 5.41) is 12.3. The molecule has 1 aromatic carbocycles. The number of benzene rings is 1. The molecular weight excluding hydrogens is 242 g/mol. The van der Waals surface area contributed by atoms with Gasteiger partial charge < -0.3 is 15.2 Å². The number of ether oxygens (including phenoxy) is 1.